The first-order valence-corrected chi connectivity index (χ1v) is 7.26. The van der Waals surface area contributed by atoms with E-state index in [2.05, 4.69) is 77.8 Å². The molecule has 0 heterocycles. The summed E-state index contributed by atoms with van der Waals surface area (Å²) in [7, 11) is 2.01. The number of likely N-dealkylation sites (N-methyl/N-ethyl adjacent to an activating group) is 1. The van der Waals surface area contributed by atoms with Crippen molar-refractivity contribution in [3.63, 3.8) is 0 Å². The molecule has 2 nitrogen and oxygen atoms in total. The lowest BCUT2D eigenvalue weighted by molar-refractivity contribution is 0.189. The van der Waals surface area contributed by atoms with E-state index in [-0.39, 0.29) is 0 Å². The Balaban J connectivity index is 2.08. The van der Waals surface area contributed by atoms with Crippen molar-refractivity contribution in [2.24, 2.45) is 0 Å². The van der Waals surface area contributed by atoms with Crippen LogP contribution in [0, 0.1) is 0 Å². The molecule has 2 rings (SSSR count). The highest BCUT2D eigenvalue weighted by Gasteiger charge is 2.14. The molecule has 0 aliphatic heterocycles. The van der Waals surface area contributed by atoms with Crippen LogP contribution >= 0.6 is 0 Å². The van der Waals surface area contributed by atoms with E-state index in [4.69, 9.17) is 0 Å². The van der Waals surface area contributed by atoms with Gasteiger partial charge in [0.15, 0.2) is 0 Å². The predicted octanol–water partition coefficient (Wildman–Crippen LogP) is 3.30. The zero-order valence-corrected chi connectivity index (χ0v) is 12.4. The standard InChI is InChI=1S/C18H24N2/c1-16(13-19-2)20(14-17-9-5-3-6-10-17)15-18-11-7-4-8-12-18/h3-12,16,19H,13-15H2,1-2H3/t16-/m0/s1. The summed E-state index contributed by atoms with van der Waals surface area (Å²) in [4.78, 5) is 2.52. The Morgan fingerprint density at radius 2 is 1.30 bits per heavy atom. The van der Waals surface area contributed by atoms with Crippen molar-refractivity contribution < 1.29 is 0 Å². The maximum absolute atomic E-state index is 3.28. The molecule has 0 saturated carbocycles. The second-order valence-electron chi connectivity index (χ2n) is 5.28. The third-order valence-electron chi connectivity index (χ3n) is 3.58. The first kappa shape index (κ1) is 14.8. The van der Waals surface area contributed by atoms with Gasteiger partial charge in [-0.25, -0.2) is 0 Å². The highest BCUT2D eigenvalue weighted by Crippen LogP contribution is 2.13. The highest BCUT2D eigenvalue weighted by atomic mass is 15.2. The second kappa shape index (κ2) is 7.83. The largest absolute Gasteiger partial charge is 0.318 e. The molecule has 0 aromatic heterocycles. The fraction of sp³-hybridized carbons (Fsp3) is 0.333. The first-order valence-electron chi connectivity index (χ1n) is 7.26. The lowest BCUT2D eigenvalue weighted by Crippen LogP contribution is -2.38. The van der Waals surface area contributed by atoms with Gasteiger partial charge >= 0.3 is 0 Å². The molecule has 0 unspecified atom stereocenters. The molecule has 0 amide bonds. The van der Waals surface area contributed by atoms with Crippen LogP contribution in [-0.2, 0) is 13.1 Å². The minimum atomic E-state index is 0.500. The number of hydrogen-bond acceptors (Lipinski definition) is 2. The lowest BCUT2D eigenvalue weighted by atomic mass is 10.1. The molecular weight excluding hydrogens is 244 g/mol. The Morgan fingerprint density at radius 3 is 1.70 bits per heavy atom. The van der Waals surface area contributed by atoms with Crippen LogP contribution in [0.3, 0.4) is 0 Å². The molecule has 2 aromatic carbocycles. The Hall–Kier alpha value is -1.64. The summed E-state index contributed by atoms with van der Waals surface area (Å²) in [6.45, 7) is 5.25. The summed E-state index contributed by atoms with van der Waals surface area (Å²) in [5, 5.41) is 3.28. The fourth-order valence-electron chi connectivity index (χ4n) is 2.43. The quantitative estimate of drug-likeness (QED) is 0.829. The molecule has 0 radical (unpaired) electrons. The maximum atomic E-state index is 3.28. The minimum absolute atomic E-state index is 0.500. The average molecular weight is 268 g/mol. The summed E-state index contributed by atoms with van der Waals surface area (Å²) in [5.41, 5.74) is 2.73. The number of nitrogens with one attached hydrogen (secondary N) is 1. The van der Waals surface area contributed by atoms with E-state index in [0.717, 1.165) is 19.6 Å². The molecule has 1 atom stereocenters. The van der Waals surface area contributed by atoms with Gasteiger partial charge in [-0.3, -0.25) is 4.90 Å². The Morgan fingerprint density at radius 1 is 0.850 bits per heavy atom. The monoisotopic (exact) mass is 268 g/mol. The van der Waals surface area contributed by atoms with Gasteiger partial charge < -0.3 is 5.32 Å². The molecule has 0 fully saturated rings. The van der Waals surface area contributed by atoms with Gasteiger partial charge in [-0.2, -0.15) is 0 Å². The van der Waals surface area contributed by atoms with Crippen molar-refractivity contribution in [1.82, 2.24) is 10.2 Å². The summed E-state index contributed by atoms with van der Waals surface area (Å²) < 4.78 is 0. The molecule has 0 spiro atoms. The molecule has 1 N–H and O–H groups in total. The Kier molecular flexibility index (Phi) is 5.78. The molecule has 2 heteroatoms. The van der Waals surface area contributed by atoms with E-state index in [9.17, 15) is 0 Å². The van der Waals surface area contributed by atoms with Crippen molar-refractivity contribution in [1.29, 1.82) is 0 Å². The van der Waals surface area contributed by atoms with E-state index in [1.165, 1.54) is 11.1 Å². The Labute approximate surface area is 122 Å². The zero-order chi connectivity index (χ0) is 14.2. The van der Waals surface area contributed by atoms with Crippen LogP contribution in [0.15, 0.2) is 60.7 Å². The average Bonchev–Trinajstić information content (AvgIpc) is 2.49. The third-order valence-corrected chi connectivity index (χ3v) is 3.58. The molecule has 20 heavy (non-hydrogen) atoms. The topological polar surface area (TPSA) is 15.3 Å². The van der Waals surface area contributed by atoms with Gasteiger partial charge in [0.05, 0.1) is 0 Å². The number of nitrogens with zero attached hydrogens (tertiary/aromatic N) is 1. The first-order chi connectivity index (χ1) is 9.79. The summed E-state index contributed by atoms with van der Waals surface area (Å²) in [6.07, 6.45) is 0. The van der Waals surface area contributed by atoms with Crippen LogP contribution in [0.4, 0.5) is 0 Å². The molecule has 0 aliphatic carbocycles. The summed E-state index contributed by atoms with van der Waals surface area (Å²) >= 11 is 0. The van der Waals surface area contributed by atoms with Crippen LogP contribution in [0.1, 0.15) is 18.1 Å². The normalized spacial score (nSPS) is 12.6. The fourth-order valence-corrected chi connectivity index (χ4v) is 2.43. The molecular formula is C18H24N2. The number of hydrogen-bond donors (Lipinski definition) is 1. The summed E-state index contributed by atoms with van der Waals surface area (Å²) in [5.74, 6) is 0. The maximum Gasteiger partial charge on any atom is 0.0240 e. The van der Waals surface area contributed by atoms with E-state index in [0.29, 0.717) is 6.04 Å². The van der Waals surface area contributed by atoms with Gasteiger partial charge in [-0.1, -0.05) is 60.7 Å². The molecule has 2 aromatic rings. The molecule has 106 valence electrons. The van der Waals surface area contributed by atoms with Gasteiger partial charge in [-0.05, 0) is 25.1 Å². The van der Waals surface area contributed by atoms with Crippen molar-refractivity contribution >= 4 is 0 Å². The minimum Gasteiger partial charge on any atom is -0.318 e. The van der Waals surface area contributed by atoms with E-state index < -0.39 is 0 Å². The molecule has 0 bridgehead atoms. The van der Waals surface area contributed by atoms with E-state index in [1.807, 2.05) is 7.05 Å². The number of benzene rings is 2. The molecule has 0 saturated heterocycles. The number of rotatable bonds is 7. The predicted molar refractivity (Wildman–Crippen MR) is 85.5 cm³/mol. The zero-order valence-electron chi connectivity index (χ0n) is 12.4. The van der Waals surface area contributed by atoms with Crippen LogP contribution < -0.4 is 5.32 Å². The van der Waals surface area contributed by atoms with Crippen LogP contribution in [-0.4, -0.2) is 24.5 Å². The van der Waals surface area contributed by atoms with Gasteiger partial charge in [0.1, 0.15) is 0 Å². The second-order valence-corrected chi connectivity index (χ2v) is 5.28. The van der Waals surface area contributed by atoms with E-state index in [1.54, 1.807) is 0 Å². The van der Waals surface area contributed by atoms with Crippen molar-refractivity contribution in [3.05, 3.63) is 71.8 Å². The molecule has 0 aliphatic rings. The van der Waals surface area contributed by atoms with Gasteiger partial charge in [0.25, 0.3) is 0 Å². The van der Waals surface area contributed by atoms with Gasteiger partial charge in [0, 0.05) is 25.7 Å². The Bertz CT molecular complexity index is 440. The van der Waals surface area contributed by atoms with Crippen LogP contribution in [0.2, 0.25) is 0 Å². The van der Waals surface area contributed by atoms with Crippen molar-refractivity contribution in [3.8, 4) is 0 Å². The van der Waals surface area contributed by atoms with Crippen molar-refractivity contribution in [2.45, 2.75) is 26.1 Å². The van der Waals surface area contributed by atoms with Gasteiger partial charge in [-0.15, -0.1) is 0 Å². The smallest absolute Gasteiger partial charge is 0.0240 e. The van der Waals surface area contributed by atoms with Crippen LogP contribution in [0.25, 0.3) is 0 Å². The van der Waals surface area contributed by atoms with Gasteiger partial charge in [0.2, 0.25) is 0 Å². The summed E-state index contributed by atoms with van der Waals surface area (Å²) in [6, 6.07) is 21.9. The van der Waals surface area contributed by atoms with E-state index >= 15 is 0 Å². The third kappa shape index (κ3) is 4.48. The van der Waals surface area contributed by atoms with Crippen LogP contribution in [0.5, 0.6) is 0 Å². The van der Waals surface area contributed by atoms with Crippen molar-refractivity contribution in [2.75, 3.05) is 13.6 Å². The lowest BCUT2D eigenvalue weighted by Gasteiger charge is -2.29. The highest BCUT2D eigenvalue weighted by molar-refractivity contribution is 5.17. The SMILES string of the molecule is CNC[C@H](C)N(Cc1ccccc1)Cc1ccccc1.